The lowest BCUT2D eigenvalue weighted by Crippen LogP contribution is -2.46. The van der Waals surface area contributed by atoms with E-state index >= 15 is 0 Å². The molecule has 2 fully saturated rings. The summed E-state index contributed by atoms with van der Waals surface area (Å²) in [7, 11) is 0. The van der Waals surface area contributed by atoms with Crippen LogP contribution in [0.15, 0.2) is 52.0 Å². The molecule has 2 aromatic rings. The van der Waals surface area contributed by atoms with E-state index < -0.39 is 17.1 Å². The first-order chi connectivity index (χ1) is 15.0. The van der Waals surface area contributed by atoms with Crippen LogP contribution in [0.4, 0.5) is 4.79 Å². The topological polar surface area (TPSA) is 106 Å². The van der Waals surface area contributed by atoms with E-state index in [1.165, 1.54) is 18.4 Å². The molecule has 0 radical (unpaired) electrons. The van der Waals surface area contributed by atoms with Crippen LogP contribution in [0, 0.1) is 0 Å². The maximum atomic E-state index is 12.7. The number of ether oxygens (including phenoxy) is 2. The van der Waals surface area contributed by atoms with Crippen molar-refractivity contribution in [3.63, 3.8) is 0 Å². The zero-order valence-corrected chi connectivity index (χ0v) is 17.1. The third-order valence-electron chi connectivity index (χ3n) is 4.62. The van der Waals surface area contributed by atoms with Gasteiger partial charge in [-0.05, 0) is 47.7 Å². The molecular weight excluding hydrogens is 424 g/mol. The minimum Gasteiger partial charge on any atom is -0.457 e. The number of amides is 3. The van der Waals surface area contributed by atoms with Crippen molar-refractivity contribution in [1.29, 1.82) is 0 Å². The smallest absolute Gasteiger partial charge is 0.379 e. The highest BCUT2D eigenvalue weighted by Gasteiger charge is 2.37. The average molecular weight is 442 g/mol. The second-order valence-corrected chi connectivity index (χ2v) is 7.69. The number of rotatable bonds is 5. The van der Waals surface area contributed by atoms with Gasteiger partial charge in [0.05, 0.1) is 24.4 Å². The fraction of sp³-hybridized carbons (Fsp3) is 0.238. The molecular formula is C21H18N2O7S. The summed E-state index contributed by atoms with van der Waals surface area (Å²) in [5.41, 5.74) is 0.565. The number of esters is 1. The molecule has 9 nitrogen and oxygen atoms in total. The number of thioether (sulfide) groups is 1. The number of hydrogen-bond acceptors (Lipinski definition) is 8. The molecule has 10 heteroatoms. The molecule has 0 saturated carbocycles. The maximum absolute atomic E-state index is 12.7. The summed E-state index contributed by atoms with van der Waals surface area (Å²) in [6, 6.07) is 9.58. The van der Waals surface area contributed by atoms with Gasteiger partial charge in [-0.1, -0.05) is 12.1 Å². The molecule has 3 heterocycles. The lowest BCUT2D eigenvalue weighted by Gasteiger charge is -2.28. The summed E-state index contributed by atoms with van der Waals surface area (Å²) in [4.78, 5) is 52.1. The number of furan rings is 1. The Balaban J connectivity index is 1.44. The number of benzene rings is 1. The van der Waals surface area contributed by atoms with Crippen molar-refractivity contribution >= 4 is 40.9 Å². The Bertz CT molecular complexity index is 1040. The monoisotopic (exact) mass is 442 g/mol. The van der Waals surface area contributed by atoms with Crippen LogP contribution in [0.1, 0.15) is 16.1 Å². The van der Waals surface area contributed by atoms with Crippen LogP contribution < -0.4 is 4.74 Å². The van der Waals surface area contributed by atoms with Crippen LogP contribution in [0.3, 0.4) is 0 Å². The molecule has 0 unspecified atom stereocenters. The van der Waals surface area contributed by atoms with E-state index in [1.54, 1.807) is 35.2 Å². The molecule has 2 aliphatic rings. The van der Waals surface area contributed by atoms with Crippen molar-refractivity contribution in [2.24, 2.45) is 0 Å². The van der Waals surface area contributed by atoms with Crippen LogP contribution >= 0.6 is 11.8 Å². The molecule has 160 valence electrons. The Morgan fingerprint density at radius 3 is 2.68 bits per heavy atom. The standard InChI is InChI=1S/C21H18N2O7S/c24-18(22-6-9-28-10-7-22)13-23-19(25)17(31-21(23)27)12-14-3-1-4-15(11-14)30-20(26)16-5-2-8-29-16/h1-5,8,11-12H,6-7,9-10,13H2/b17-12-. The molecule has 4 rings (SSSR count). The van der Waals surface area contributed by atoms with Gasteiger partial charge >= 0.3 is 5.97 Å². The molecule has 31 heavy (non-hydrogen) atoms. The molecule has 0 atom stereocenters. The first-order valence-electron chi connectivity index (χ1n) is 9.48. The Hall–Kier alpha value is -3.37. The number of carbonyl (C=O) groups is 4. The molecule has 3 amide bonds. The van der Waals surface area contributed by atoms with E-state index in [9.17, 15) is 19.2 Å². The highest BCUT2D eigenvalue weighted by atomic mass is 32.2. The molecule has 0 bridgehead atoms. The third kappa shape index (κ3) is 4.86. The van der Waals surface area contributed by atoms with E-state index in [0.717, 1.165) is 16.7 Å². The number of morpholine rings is 1. The van der Waals surface area contributed by atoms with Gasteiger partial charge < -0.3 is 18.8 Å². The summed E-state index contributed by atoms with van der Waals surface area (Å²) in [5.74, 6) is -1.15. The Morgan fingerprint density at radius 2 is 1.94 bits per heavy atom. The van der Waals surface area contributed by atoms with Gasteiger partial charge in [-0.2, -0.15) is 0 Å². The average Bonchev–Trinajstić information content (AvgIpc) is 3.40. The highest BCUT2D eigenvalue weighted by Crippen LogP contribution is 2.32. The number of hydrogen-bond donors (Lipinski definition) is 0. The predicted octanol–water partition coefficient (Wildman–Crippen LogP) is 2.39. The molecule has 0 spiro atoms. The SMILES string of the molecule is O=C(Oc1cccc(/C=C2\SC(=O)N(CC(=O)N3CCOCC3)C2=O)c1)c1ccco1. The zero-order chi connectivity index (χ0) is 21.8. The van der Waals surface area contributed by atoms with E-state index in [1.807, 2.05) is 0 Å². The first-order valence-corrected chi connectivity index (χ1v) is 10.3. The normalized spacial score (nSPS) is 18.0. The lowest BCUT2D eigenvalue weighted by atomic mass is 10.2. The molecule has 2 aliphatic heterocycles. The quantitative estimate of drug-likeness (QED) is 0.395. The van der Waals surface area contributed by atoms with Gasteiger partial charge in [-0.15, -0.1) is 0 Å². The van der Waals surface area contributed by atoms with Gasteiger partial charge in [0, 0.05) is 13.1 Å². The molecule has 0 aliphatic carbocycles. The van der Waals surface area contributed by atoms with Crippen LogP contribution in [0.25, 0.3) is 6.08 Å². The lowest BCUT2D eigenvalue weighted by molar-refractivity contribution is -0.139. The van der Waals surface area contributed by atoms with Gasteiger partial charge in [-0.3, -0.25) is 19.3 Å². The summed E-state index contributed by atoms with van der Waals surface area (Å²) >= 11 is 0.763. The van der Waals surface area contributed by atoms with Crippen molar-refractivity contribution in [3.05, 3.63) is 58.9 Å². The predicted molar refractivity (Wildman–Crippen MR) is 110 cm³/mol. The van der Waals surface area contributed by atoms with Gasteiger partial charge in [-0.25, -0.2) is 4.79 Å². The van der Waals surface area contributed by atoms with E-state index in [-0.39, 0.29) is 28.9 Å². The van der Waals surface area contributed by atoms with Crippen LogP contribution in [-0.4, -0.2) is 65.7 Å². The van der Waals surface area contributed by atoms with Crippen molar-refractivity contribution in [1.82, 2.24) is 9.80 Å². The number of imide groups is 1. The number of nitrogens with zero attached hydrogens (tertiary/aromatic N) is 2. The molecule has 0 N–H and O–H groups in total. The van der Waals surface area contributed by atoms with Crippen LogP contribution in [-0.2, 0) is 14.3 Å². The van der Waals surface area contributed by atoms with Crippen molar-refractivity contribution < 1.29 is 33.1 Å². The minimum atomic E-state index is -0.649. The van der Waals surface area contributed by atoms with Crippen LogP contribution in [0.5, 0.6) is 5.75 Å². The van der Waals surface area contributed by atoms with E-state index in [4.69, 9.17) is 13.9 Å². The Labute approximate surface area is 181 Å². The van der Waals surface area contributed by atoms with Crippen molar-refractivity contribution in [2.75, 3.05) is 32.8 Å². The zero-order valence-electron chi connectivity index (χ0n) is 16.3. The molecule has 1 aromatic carbocycles. The van der Waals surface area contributed by atoms with Gasteiger partial charge in [0.2, 0.25) is 11.7 Å². The summed E-state index contributed by atoms with van der Waals surface area (Å²) in [6.45, 7) is 1.45. The van der Waals surface area contributed by atoms with Gasteiger partial charge in [0.25, 0.3) is 11.1 Å². The van der Waals surface area contributed by atoms with Gasteiger partial charge in [0.1, 0.15) is 12.3 Å². The summed E-state index contributed by atoms with van der Waals surface area (Å²) < 4.78 is 15.5. The van der Waals surface area contributed by atoms with Crippen LogP contribution in [0.2, 0.25) is 0 Å². The number of carbonyl (C=O) groups excluding carboxylic acids is 4. The first kappa shape index (κ1) is 20.9. The van der Waals surface area contributed by atoms with Gasteiger partial charge in [0.15, 0.2) is 0 Å². The maximum Gasteiger partial charge on any atom is 0.379 e. The van der Waals surface area contributed by atoms with Crippen molar-refractivity contribution in [2.45, 2.75) is 0 Å². The second kappa shape index (κ2) is 9.19. The fourth-order valence-electron chi connectivity index (χ4n) is 3.06. The largest absolute Gasteiger partial charge is 0.457 e. The molecule has 1 aromatic heterocycles. The summed E-state index contributed by atoms with van der Waals surface area (Å²) in [5, 5.41) is -0.502. The highest BCUT2D eigenvalue weighted by molar-refractivity contribution is 8.18. The van der Waals surface area contributed by atoms with E-state index in [0.29, 0.717) is 31.9 Å². The minimum absolute atomic E-state index is 0.0662. The van der Waals surface area contributed by atoms with Crippen molar-refractivity contribution in [3.8, 4) is 5.75 Å². The molecule has 2 saturated heterocycles. The summed E-state index contributed by atoms with van der Waals surface area (Å²) in [6.07, 6.45) is 2.89. The second-order valence-electron chi connectivity index (χ2n) is 6.70. The fourth-order valence-corrected chi connectivity index (χ4v) is 3.89. The van der Waals surface area contributed by atoms with E-state index in [2.05, 4.69) is 0 Å². The Kier molecular flexibility index (Phi) is 6.19. The third-order valence-corrected chi connectivity index (χ3v) is 5.53. The Morgan fingerprint density at radius 1 is 1.13 bits per heavy atom.